The van der Waals surface area contributed by atoms with Crippen LogP contribution < -0.4 is 4.72 Å². The lowest BCUT2D eigenvalue weighted by molar-refractivity contribution is 0.0988. The van der Waals surface area contributed by atoms with Crippen LogP contribution in [-0.2, 0) is 10.0 Å². The number of rotatable bonds is 5. The summed E-state index contributed by atoms with van der Waals surface area (Å²) >= 11 is 0. The third-order valence-electron chi connectivity index (χ3n) is 3.92. The van der Waals surface area contributed by atoms with Gasteiger partial charge in [0.15, 0.2) is 0 Å². The van der Waals surface area contributed by atoms with E-state index in [1.807, 2.05) is 20.8 Å². The molecule has 0 bridgehead atoms. The van der Waals surface area contributed by atoms with Gasteiger partial charge >= 0.3 is 0 Å². The molecule has 0 amide bonds. The summed E-state index contributed by atoms with van der Waals surface area (Å²) in [5, 5.41) is 18.0. The zero-order chi connectivity index (χ0) is 15.7. The summed E-state index contributed by atoms with van der Waals surface area (Å²) in [6.45, 7) is 8.66. The summed E-state index contributed by atoms with van der Waals surface area (Å²) in [5.41, 5.74) is 4.44. The van der Waals surface area contributed by atoms with Gasteiger partial charge in [0, 0.05) is 6.54 Å². The van der Waals surface area contributed by atoms with Crippen LogP contribution >= 0.6 is 0 Å². The van der Waals surface area contributed by atoms with Gasteiger partial charge in [-0.3, -0.25) is 0 Å². The third-order valence-corrected chi connectivity index (χ3v) is 5.62. The zero-order valence-electron chi connectivity index (χ0n) is 12.6. The molecule has 1 unspecified atom stereocenters. The molecule has 0 radical (unpaired) electrons. The number of aliphatic hydroxyl groups excluding tert-OH is 2. The molecule has 0 aliphatic rings. The van der Waals surface area contributed by atoms with Crippen molar-refractivity contribution in [3.63, 3.8) is 0 Å². The van der Waals surface area contributed by atoms with Gasteiger partial charge in [0.25, 0.3) is 0 Å². The number of hydrogen-bond donors (Lipinski definition) is 3. The predicted octanol–water partition coefficient (Wildman–Crippen LogP) is 0.860. The monoisotopic (exact) mass is 301 g/mol. The molecule has 6 heteroatoms. The summed E-state index contributed by atoms with van der Waals surface area (Å²) in [7, 11) is -3.71. The Bertz CT molecular complexity index is 579. The maximum absolute atomic E-state index is 12.4. The van der Waals surface area contributed by atoms with Crippen LogP contribution in [0.1, 0.15) is 27.8 Å². The average molecular weight is 301 g/mol. The SMILES string of the molecule is Cc1c(C)c(C)c(S(=O)(=O)NCC(O)CO)c(C)c1C. The molecule has 0 fully saturated rings. The van der Waals surface area contributed by atoms with Gasteiger partial charge < -0.3 is 10.2 Å². The highest BCUT2D eigenvalue weighted by molar-refractivity contribution is 7.89. The van der Waals surface area contributed by atoms with Crippen molar-refractivity contribution in [2.24, 2.45) is 0 Å². The lowest BCUT2D eigenvalue weighted by Crippen LogP contribution is -2.34. The van der Waals surface area contributed by atoms with E-state index in [-0.39, 0.29) is 11.4 Å². The van der Waals surface area contributed by atoms with Gasteiger partial charge in [-0.1, -0.05) is 0 Å². The van der Waals surface area contributed by atoms with Gasteiger partial charge in [-0.15, -0.1) is 0 Å². The minimum absolute atomic E-state index is 0.205. The van der Waals surface area contributed by atoms with E-state index in [1.165, 1.54) is 0 Å². The van der Waals surface area contributed by atoms with Crippen LogP contribution in [0.25, 0.3) is 0 Å². The first kappa shape index (κ1) is 17.1. The first-order chi connectivity index (χ1) is 9.13. The number of benzene rings is 1. The molecular formula is C14H23NO4S. The highest BCUT2D eigenvalue weighted by atomic mass is 32.2. The van der Waals surface area contributed by atoms with Gasteiger partial charge in [-0.05, 0) is 62.4 Å². The largest absolute Gasteiger partial charge is 0.394 e. The minimum Gasteiger partial charge on any atom is -0.394 e. The first-order valence-electron chi connectivity index (χ1n) is 6.49. The molecule has 0 aromatic heterocycles. The Morgan fingerprint density at radius 2 is 1.35 bits per heavy atom. The highest BCUT2D eigenvalue weighted by Crippen LogP contribution is 2.29. The second-order valence-electron chi connectivity index (χ2n) is 5.14. The van der Waals surface area contributed by atoms with E-state index in [0.29, 0.717) is 0 Å². The molecule has 0 heterocycles. The summed E-state index contributed by atoms with van der Waals surface area (Å²) in [6.07, 6.45) is -1.10. The second kappa shape index (κ2) is 6.22. The van der Waals surface area contributed by atoms with Crippen molar-refractivity contribution in [3.05, 3.63) is 27.8 Å². The van der Waals surface area contributed by atoms with Crippen LogP contribution in [0.3, 0.4) is 0 Å². The van der Waals surface area contributed by atoms with Crippen molar-refractivity contribution in [1.29, 1.82) is 0 Å². The van der Waals surface area contributed by atoms with E-state index >= 15 is 0 Å². The van der Waals surface area contributed by atoms with Crippen LogP contribution in [0.4, 0.5) is 0 Å². The molecule has 1 atom stereocenters. The highest BCUT2D eigenvalue weighted by Gasteiger charge is 2.23. The number of hydrogen-bond acceptors (Lipinski definition) is 4. The second-order valence-corrected chi connectivity index (χ2v) is 6.85. The van der Waals surface area contributed by atoms with Crippen LogP contribution in [0.15, 0.2) is 4.90 Å². The van der Waals surface area contributed by atoms with Gasteiger partial charge in [-0.25, -0.2) is 13.1 Å². The summed E-state index contributed by atoms with van der Waals surface area (Å²) in [6, 6.07) is 0. The lowest BCUT2D eigenvalue weighted by atomic mass is 9.95. The first-order valence-corrected chi connectivity index (χ1v) is 7.97. The van der Waals surface area contributed by atoms with E-state index in [0.717, 1.165) is 27.8 Å². The maximum atomic E-state index is 12.4. The van der Waals surface area contributed by atoms with E-state index < -0.39 is 22.7 Å². The quantitative estimate of drug-likeness (QED) is 0.753. The van der Waals surface area contributed by atoms with E-state index in [9.17, 15) is 13.5 Å². The molecule has 0 aliphatic heterocycles. The summed E-state index contributed by atoms with van der Waals surface area (Å²) < 4.78 is 27.2. The third kappa shape index (κ3) is 3.20. The molecule has 0 saturated heterocycles. The van der Waals surface area contributed by atoms with Crippen LogP contribution in [0.2, 0.25) is 0 Å². The van der Waals surface area contributed by atoms with Crippen LogP contribution in [0, 0.1) is 34.6 Å². The lowest BCUT2D eigenvalue weighted by Gasteiger charge is -2.19. The average Bonchev–Trinajstić information content (AvgIpc) is 2.40. The Morgan fingerprint density at radius 3 is 1.75 bits per heavy atom. The minimum atomic E-state index is -3.71. The summed E-state index contributed by atoms with van der Waals surface area (Å²) in [4.78, 5) is 0.267. The van der Waals surface area contributed by atoms with Crippen molar-refractivity contribution >= 4 is 10.0 Å². The molecule has 114 valence electrons. The standard InChI is InChI=1S/C14H23NO4S/c1-8-9(2)11(4)14(12(5)10(8)3)20(18,19)15-6-13(17)7-16/h13,15-17H,6-7H2,1-5H3. The van der Waals surface area contributed by atoms with E-state index in [4.69, 9.17) is 5.11 Å². The summed E-state index contributed by atoms with van der Waals surface area (Å²) in [5.74, 6) is 0. The van der Waals surface area contributed by atoms with Gasteiger partial charge in [0.05, 0.1) is 17.6 Å². The number of nitrogens with one attached hydrogen (secondary N) is 1. The molecule has 0 saturated carbocycles. The molecule has 0 aliphatic carbocycles. The normalized spacial score (nSPS) is 13.6. The molecule has 20 heavy (non-hydrogen) atoms. The van der Waals surface area contributed by atoms with Crippen LogP contribution in [0.5, 0.6) is 0 Å². The number of aliphatic hydroxyl groups is 2. The Hall–Kier alpha value is -0.950. The Labute approximate surface area is 120 Å². The molecule has 0 spiro atoms. The van der Waals surface area contributed by atoms with E-state index in [1.54, 1.807) is 13.8 Å². The van der Waals surface area contributed by atoms with Gasteiger partial charge in [-0.2, -0.15) is 0 Å². The van der Waals surface area contributed by atoms with Crippen molar-refractivity contribution in [1.82, 2.24) is 4.72 Å². The molecule has 1 aromatic carbocycles. The Morgan fingerprint density at radius 1 is 0.950 bits per heavy atom. The van der Waals surface area contributed by atoms with Crippen molar-refractivity contribution < 1.29 is 18.6 Å². The Balaban J connectivity index is 3.33. The molecule has 5 nitrogen and oxygen atoms in total. The van der Waals surface area contributed by atoms with Crippen LogP contribution in [-0.4, -0.2) is 37.9 Å². The van der Waals surface area contributed by atoms with Crippen molar-refractivity contribution in [2.75, 3.05) is 13.2 Å². The zero-order valence-corrected chi connectivity index (χ0v) is 13.4. The number of sulfonamides is 1. The molecular weight excluding hydrogens is 278 g/mol. The van der Waals surface area contributed by atoms with Crippen molar-refractivity contribution in [3.8, 4) is 0 Å². The van der Waals surface area contributed by atoms with Crippen molar-refractivity contribution in [2.45, 2.75) is 45.6 Å². The Kier molecular flexibility index (Phi) is 5.32. The maximum Gasteiger partial charge on any atom is 0.241 e. The fourth-order valence-corrected chi connectivity index (χ4v) is 3.88. The predicted molar refractivity (Wildman–Crippen MR) is 78.4 cm³/mol. The van der Waals surface area contributed by atoms with E-state index in [2.05, 4.69) is 4.72 Å². The fourth-order valence-electron chi connectivity index (χ4n) is 2.21. The topological polar surface area (TPSA) is 86.6 Å². The molecule has 1 rings (SSSR count). The van der Waals surface area contributed by atoms with Gasteiger partial charge in [0.1, 0.15) is 0 Å². The fraction of sp³-hybridized carbons (Fsp3) is 0.571. The smallest absolute Gasteiger partial charge is 0.241 e. The molecule has 3 N–H and O–H groups in total. The van der Waals surface area contributed by atoms with Gasteiger partial charge in [0.2, 0.25) is 10.0 Å². The molecule has 1 aromatic rings.